The van der Waals surface area contributed by atoms with Gasteiger partial charge in [0.05, 0.1) is 7.11 Å². The molecule has 0 aliphatic carbocycles. The zero-order valence-corrected chi connectivity index (χ0v) is 8.46. The largest absolute Gasteiger partial charge is 0.465 e. The fraction of sp³-hybridized carbons (Fsp3) is 0.556. The average Bonchev–Trinajstić information content (AvgIpc) is 2.11. The maximum Gasteiger partial charge on any atom is 0.342 e. The number of rotatable bonds is 4. The van der Waals surface area contributed by atoms with Gasteiger partial charge in [-0.3, -0.25) is 4.79 Å². The molecule has 0 rings (SSSR count). The number of carbonyl (C=O) groups is 2. The smallest absolute Gasteiger partial charge is 0.342 e. The van der Waals surface area contributed by atoms with E-state index in [0.717, 1.165) is 0 Å². The number of hydrogen-bond acceptors (Lipinski definition) is 4. The number of nitrogens with zero attached hydrogens (tertiary/aromatic N) is 1. The van der Waals surface area contributed by atoms with Crippen molar-refractivity contribution in [3.63, 3.8) is 0 Å². The molecule has 0 unspecified atom stereocenters. The van der Waals surface area contributed by atoms with Crippen molar-refractivity contribution < 1.29 is 14.3 Å². The van der Waals surface area contributed by atoms with Crippen LogP contribution >= 0.6 is 0 Å². The van der Waals surface area contributed by atoms with Crippen molar-refractivity contribution in [2.45, 2.75) is 13.3 Å². The van der Waals surface area contributed by atoms with Crippen molar-refractivity contribution >= 4 is 11.8 Å². The molecule has 0 atom stereocenters. The molecule has 0 saturated carbocycles. The molecule has 0 aromatic rings. The molecule has 0 heterocycles. The van der Waals surface area contributed by atoms with Gasteiger partial charge in [0, 0.05) is 26.7 Å². The Hall–Kier alpha value is -1.32. The standard InChI is InChI=1S/C9H15NO3/c1-5-8(11)7(6-10(2)3)9(12)13-4/h6H,5H2,1-4H3/b7-6-. The molecule has 0 aliphatic heterocycles. The molecular weight excluding hydrogens is 170 g/mol. The molecule has 0 spiro atoms. The summed E-state index contributed by atoms with van der Waals surface area (Å²) in [6.45, 7) is 1.70. The van der Waals surface area contributed by atoms with E-state index in [2.05, 4.69) is 4.74 Å². The maximum absolute atomic E-state index is 11.3. The number of ether oxygens (including phenoxy) is 1. The first-order valence-electron chi connectivity index (χ1n) is 4.02. The fourth-order valence-corrected chi connectivity index (χ4v) is 0.797. The summed E-state index contributed by atoms with van der Waals surface area (Å²) in [5, 5.41) is 0. The minimum atomic E-state index is -0.583. The molecule has 0 fully saturated rings. The van der Waals surface area contributed by atoms with Crippen molar-refractivity contribution in [3.05, 3.63) is 11.8 Å². The van der Waals surface area contributed by atoms with E-state index < -0.39 is 5.97 Å². The van der Waals surface area contributed by atoms with Gasteiger partial charge in [-0.25, -0.2) is 4.79 Å². The summed E-state index contributed by atoms with van der Waals surface area (Å²) in [5.41, 5.74) is 0.0926. The topological polar surface area (TPSA) is 46.6 Å². The molecule has 0 aliphatic rings. The summed E-state index contributed by atoms with van der Waals surface area (Å²) >= 11 is 0. The Labute approximate surface area is 78.2 Å². The number of methoxy groups -OCH3 is 1. The van der Waals surface area contributed by atoms with Crippen LogP contribution in [0.1, 0.15) is 13.3 Å². The first-order valence-corrected chi connectivity index (χ1v) is 4.02. The van der Waals surface area contributed by atoms with Crippen LogP contribution in [0.2, 0.25) is 0 Å². The third-order valence-electron chi connectivity index (χ3n) is 1.41. The Bertz CT molecular complexity index is 213. The first-order chi connectivity index (χ1) is 6.02. The van der Waals surface area contributed by atoms with Crippen molar-refractivity contribution in [1.29, 1.82) is 0 Å². The van der Waals surface area contributed by atoms with Gasteiger partial charge in [-0.15, -0.1) is 0 Å². The average molecular weight is 185 g/mol. The molecule has 0 N–H and O–H groups in total. The summed E-state index contributed by atoms with van der Waals surface area (Å²) in [6.07, 6.45) is 1.77. The quantitative estimate of drug-likeness (QED) is 0.278. The SMILES string of the molecule is CCC(=O)/C(=C/N(C)C)C(=O)OC. The Morgan fingerprint density at radius 1 is 1.38 bits per heavy atom. The molecule has 0 radical (unpaired) electrons. The van der Waals surface area contributed by atoms with E-state index >= 15 is 0 Å². The summed E-state index contributed by atoms with van der Waals surface area (Å²) in [4.78, 5) is 24.0. The van der Waals surface area contributed by atoms with E-state index in [1.54, 1.807) is 25.9 Å². The van der Waals surface area contributed by atoms with Crippen molar-refractivity contribution in [3.8, 4) is 0 Å². The number of ketones is 1. The molecule has 0 bridgehead atoms. The number of carbonyl (C=O) groups excluding carboxylic acids is 2. The molecule has 74 valence electrons. The molecule has 0 saturated heterocycles. The van der Waals surface area contributed by atoms with E-state index in [-0.39, 0.29) is 11.4 Å². The highest BCUT2D eigenvalue weighted by molar-refractivity contribution is 6.17. The van der Waals surface area contributed by atoms with Gasteiger partial charge in [-0.2, -0.15) is 0 Å². The lowest BCUT2D eigenvalue weighted by Gasteiger charge is -2.08. The zero-order valence-electron chi connectivity index (χ0n) is 8.46. The number of Topliss-reactive ketones (excluding diaryl/α,β-unsaturated/α-hetero) is 1. The van der Waals surface area contributed by atoms with Crippen LogP contribution in [-0.4, -0.2) is 37.9 Å². The third-order valence-corrected chi connectivity index (χ3v) is 1.41. The van der Waals surface area contributed by atoms with Gasteiger partial charge in [0.2, 0.25) is 0 Å². The van der Waals surface area contributed by atoms with Crippen LogP contribution in [0.25, 0.3) is 0 Å². The minimum Gasteiger partial charge on any atom is -0.465 e. The van der Waals surface area contributed by atoms with Gasteiger partial charge in [-0.1, -0.05) is 6.92 Å². The van der Waals surface area contributed by atoms with E-state index in [0.29, 0.717) is 6.42 Å². The van der Waals surface area contributed by atoms with Gasteiger partial charge < -0.3 is 9.64 Å². The van der Waals surface area contributed by atoms with Crippen LogP contribution in [0.5, 0.6) is 0 Å². The third kappa shape index (κ3) is 3.73. The Kier molecular flexibility index (Phi) is 4.80. The number of esters is 1. The van der Waals surface area contributed by atoms with E-state index in [9.17, 15) is 9.59 Å². The highest BCUT2D eigenvalue weighted by Crippen LogP contribution is 2.03. The van der Waals surface area contributed by atoms with Crippen molar-refractivity contribution in [1.82, 2.24) is 4.90 Å². The van der Waals surface area contributed by atoms with Gasteiger partial charge in [0.1, 0.15) is 5.57 Å². The lowest BCUT2D eigenvalue weighted by atomic mass is 10.1. The number of hydrogen-bond donors (Lipinski definition) is 0. The summed E-state index contributed by atoms with van der Waals surface area (Å²) < 4.78 is 4.48. The monoisotopic (exact) mass is 185 g/mol. The Morgan fingerprint density at radius 2 is 1.92 bits per heavy atom. The summed E-state index contributed by atoms with van der Waals surface area (Å²) in [6, 6.07) is 0. The van der Waals surface area contributed by atoms with Crippen LogP contribution in [-0.2, 0) is 14.3 Å². The summed E-state index contributed by atoms with van der Waals surface area (Å²) in [5.74, 6) is -0.791. The van der Waals surface area contributed by atoms with Crippen molar-refractivity contribution in [2.75, 3.05) is 21.2 Å². The van der Waals surface area contributed by atoms with Gasteiger partial charge in [-0.05, 0) is 0 Å². The molecule has 0 amide bonds. The minimum absolute atomic E-state index is 0.0926. The van der Waals surface area contributed by atoms with E-state index in [1.165, 1.54) is 13.3 Å². The molecular formula is C9H15NO3. The highest BCUT2D eigenvalue weighted by Gasteiger charge is 2.16. The fourth-order valence-electron chi connectivity index (χ4n) is 0.797. The predicted octanol–water partition coefficient (Wildman–Crippen LogP) is 0.584. The van der Waals surface area contributed by atoms with Crippen LogP contribution in [0.4, 0.5) is 0 Å². The van der Waals surface area contributed by atoms with Crippen LogP contribution in [0, 0.1) is 0 Å². The second-order valence-electron chi connectivity index (χ2n) is 2.77. The Morgan fingerprint density at radius 3 is 2.23 bits per heavy atom. The second-order valence-corrected chi connectivity index (χ2v) is 2.77. The first kappa shape index (κ1) is 11.7. The van der Waals surface area contributed by atoms with Crippen LogP contribution in [0.3, 0.4) is 0 Å². The van der Waals surface area contributed by atoms with Gasteiger partial charge >= 0.3 is 5.97 Å². The van der Waals surface area contributed by atoms with E-state index in [1.807, 2.05) is 0 Å². The molecule has 13 heavy (non-hydrogen) atoms. The lowest BCUT2D eigenvalue weighted by Crippen LogP contribution is -2.17. The predicted molar refractivity (Wildman–Crippen MR) is 49.1 cm³/mol. The highest BCUT2D eigenvalue weighted by atomic mass is 16.5. The molecule has 4 nitrogen and oxygen atoms in total. The van der Waals surface area contributed by atoms with E-state index in [4.69, 9.17) is 0 Å². The van der Waals surface area contributed by atoms with Gasteiger partial charge in [0.15, 0.2) is 5.78 Å². The van der Waals surface area contributed by atoms with Crippen LogP contribution < -0.4 is 0 Å². The van der Waals surface area contributed by atoms with Crippen molar-refractivity contribution in [2.24, 2.45) is 0 Å². The molecule has 4 heteroatoms. The Balaban J connectivity index is 4.75. The van der Waals surface area contributed by atoms with Crippen LogP contribution in [0.15, 0.2) is 11.8 Å². The zero-order chi connectivity index (χ0) is 10.4. The lowest BCUT2D eigenvalue weighted by molar-refractivity contribution is -0.137. The molecule has 0 aromatic carbocycles. The second kappa shape index (κ2) is 5.35. The maximum atomic E-state index is 11.3. The summed E-state index contributed by atoms with van der Waals surface area (Å²) in [7, 11) is 4.74. The molecule has 0 aromatic heterocycles. The van der Waals surface area contributed by atoms with Gasteiger partial charge in [0.25, 0.3) is 0 Å². The normalized spacial score (nSPS) is 10.9.